The van der Waals surface area contributed by atoms with Crippen molar-refractivity contribution in [1.29, 1.82) is 0 Å². The number of hydrogen-bond donors (Lipinski definition) is 2. The SMILES string of the molecule is Cc1c[nH]c2cc(CNC(=O)OC(C)(C)C)ccc12. The maximum absolute atomic E-state index is 11.6. The van der Waals surface area contributed by atoms with E-state index in [0.29, 0.717) is 6.54 Å². The zero-order chi connectivity index (χ0) is 14.0. The number of carbonyl (C=O) groups excluding carboxylic acids is 1. The summed E-state index contributed by atoms with van der Waals surface area (Å²) in [7, 11) is 0. The molecule has 1 aromatic carbocycles. The highest BCUT2D eigenvalue weighted by molar-refractivity contribution is 5.83. The van der Waals surface area contributed by atoms with E-state index in [2.05, 4.69) is 23.3 Å². The second-order valence-corrected chi connectivity index (χ2v) is 5.71. The number of aromatic nitrogens is 1. The van der Waals surface area contributed by atoms with Gasteiger partial charge in [0, 0.05) is 23.6 Å². The highest BCUT2D eigenvalue weighted by atomic mass is 16.6. The van der Waals surface area contributed by atoms with Crippen molar-refractivity contribution in [2.75, 3.05) is 0 Å². The molecule has 0 saturated carbocycles. The number of alkyl carbamates (subject to hydrolysis) is 1. The van der Waals surface area contributed by atoms with Gasteiger partial charge in [-0.2, -0.15) is 0 Å². The van der Waals surface area contributed by atoms with Gasteiger partial charge in [0.25, 0.3) is 0 Å². The molecule has 0 fully saturated rings. The van der Waals surface area contributed by atoms with Crippen molar-refractivity contribution in [3.8, 4) is 0 Å². The average molecular weight is 260 g/mol. The number of hydrogen-bond acceptors (Lipinski definition) is 2. The predicted molar refractivity (Wildman–Crippen MR) is 76.1 cm³/mol. The number of aryl methyl sites for hydroxylation is 1. The van der Waals surface area contributed by atoms with E-state index in [4.69, 9.17) is 4.74 Å². The quantitative estimate of drug-likeness (QED) is 0.868. The molecule has 2 aromatic rings. The molecule has 0 atom stereocenters. The molecular formula is C15H20N2O2. The van der Waals surface area contributed by atoms with Crippen LogP contribution in [0.2, 0.25) is 0 Å². The number of fused-ring (bicyclic) bond motifs is 1. The number of amides is 1. The monoisotopic (exact) mass is 260 g/mol. The lowest BCUT2D eigenvalue weighted by Crippen LogP contribution is -2.32. The van der Waals surface area contributed by atoms with E-state index < -0.39 is 11.7 Å². The fraction of sp³-hybridized carbons (Fsp3) is 0.400. The first kappa shape index (κ1) is 13.5. The van der Waals surface area contributed by atoms with Gasteiger partial charge in [-0.15, -0.1) is 0 Å². The minimum Gasteiger partial charge on any atom is -0.444 e. The summed E-state index contributed by atoms with van der Waals surface area (Å²) in [6.45, 7) is 8.07. The molecule has 4 nitrogen and oxygen atoms in total. The van der Waals surface area contributed by atoms with Gasteiger partial charge >= 0.3 is 6.09 Å². The molecule has 2 N–H and O–H groups in total. The largest absolute Gasteiger partial charge is 0.444 e. The molecule has 2 rings (SSSR count). The molecule has 0 spiro atoms. The first-order chi connectivity index (χ1) is 8.85. The van der Waals surface area contributed by atoms with Crippen LogP contribution in [0, 0.1) is 6.92 Å². The zero-order valence-electron chi connectivity index (χ0n) is 11.8. The molecule has 102 valence electrons. The zero-order valence-corrected chi connectivity index (χ0v) is 11.8. The Hall–Kier alpha value is -1.97. The summed E-state index contributed by atoms with van der Waals surface area (Å²) >= 11 is 0. The molecule has 0 unspecified atom stereocenters. The molecule has 0 bridgehead atoms. The highest BCUT2D eigenvalue weighted by Crippen LogP contribution is 2.18. The number of rotatable bonds is 2. The summed E-state index contributed by atoms with van der Waals surface area (Å²) in [4.78, 5) is 14.8. The van der Waals surface area contributed by atoms with Crippen LogP contribution in [0.1, 0.15) is 31.9 Å². The molecule has 19 heavy (non-hydrogen) atoms. The van der Waals surface area contributed by atoms with Crippen molar-refractivity contribution in [1.82, 2.24) is 10.3 Å². The molecule has 0 aliphatic rings. The maximum Gasteiger partial charge on any atom is 0.407 e. The van der Waals surface area contributed by atoms with Gasteiger partial charge in [-0.1, -0.05) is 12.1 Å². The lowest BCUT2D eigenvalue weighted by Gasteiger charge is -2.19. The third-order valence-corrected chi connectivity index (χ3v) is 2.79. The Balaban J connectivity index is 2.00. The van der Waals surface area contributed by atoms with Crippen molar-refractivity contribution in [2.45, 2.75) is 39.8 Å². The summed E-state index contributed by atoms with van der Waals surface area (Å²) < 4.78 is 5.19. The Morgan fingerprint density at radius 3 is 2.79 bits per heavy atom. The number of aromatic amines is 1. The van der Waals surface area contributed by atoms with Crippen molar-refractivity contribution >= 4 is 17.0 Å². The maximum atomic E-state index is 11.6. The standard InChI is InChI=1S/C15H20N2O2/c1-10-8-16-13-7-11(5-6-12(10)13)9-17-14(18)19-15(2,3)4/h5-8,16H,9H2,1-4H3,(H,17,18). The van der Waals surface area contributed by atoms with E-state index >= 15 is 0 Å². The van der Waals surface area contributed by atoms with Gasteiger partial charge in [-0.25, -0.2) is 4.79 Å². The Morgan fingerprint density at radius 2 is 2.11 bits per heavy atom. The third kappa shape index (κ3) is 3.50. The van der Waals surface area contributed by atoms with E-state index in [1.807, 2.05) is 39.1 Å². The van der Waals surface area contributed by atoms with Gasteiger partial charge < -0.3 is 15.0 Å². The minimum absolute atomic E-state index is 0.393. The highest BCUT2D eigenvalue weighted by Gasteiger charge is 2.15. The second-order valence-electron chi connectivity index (χ2n) is 5.71. The van der Waals surface area contributed by atoms with Crippen molar-refractivity contribution in [3.05, 3.63) is 35.5 Å². The summed E-state index contributed by atoms with van der Waals surface area (Å²) in [5.74, 6) is 0. The van der Waals surface area contributed by atoms with E-state index in [-0.39, 0.29) is 0 Å². The Kier molecular flexibility index (Phi) is 3.51. The second kappa shape index (κ2) is 4.96. The Bertz CT molecular complexity index is 594. The van der Waals surface area contributed by atoms with Crippen LogP contribution in [0.15, 0.2) is 24.4 Å². The first-order valence-corrected chi connectivity index (χ1v) is 6.38. The normalized spacial score (nSPS) is 11.6. The van der Waals surface area contributed by atoms with Crippen LogP contribution in [0.3, 0.4) is 0 Å². The molecule has 0 aliphatic carbocycles. The predicted octanol–water partition coefficient (Wildman–Crippen LogP) is 3.50. The summed E-state index contributed by atoms with van der Waals surface area (Å²) in [6.07, 6.45) is 1.59. The van der Waals surface area contributed by atoms with Crippen LogP contribution in [0.25, 0.3) is 10.9 Å². The lowest BCUT2D eigenvalue weighted by atomic mass is 10.1. The molecule has 1 heterocycles. The average Bonchev–Trinajstić information content (AvgIpc) is 2.66. The fourth-order valence-corrected chi connectivity index (χ4v) is 1.92. The van der Waals surface area contributed by atoms with Crippen LogP contribution in [0.5, 0.6) is 0 Å². The third-order valence-electron chi connectivity index (χ3n) is 2.79. The lowest BCUT2D eigenvalue weighted by molar-refractivity contribution is 0.0523. The van der Waals surface area contributed by atoms with Gasteiger partial charge in [0.2, 0.25) is 0 Å². The minimum atomic E-state index is -0.468. The Morgan fingerprint density at radius 1 is 1.37 bits per heavy atom. The number of H-pyrrole nitrogens is 1. The summed E-state index contributed by atoms with van der Waals surface area (Å²) in [6, 6.07) is 6.12. The molecule has 0 radical (unpaired) electrons. The van der Waals surface area contributed by atoms with Gasteiger partial charge in [0.1, 0.15) is 5.60 Å². The van der Waals surface area contributed by atoms with E-state index in [1.165, 1.54) is 10.9 Å². The van der Waals surface area contributed by atoms with Crippen LogP contribution < -0.4 is 5.32 Å². The number of nitrogens with one attached hydrogen (secondary N) is 2. The van der Waals surface area contributed by atoms with Crippen molar-refractivity contribution in [3.63, 3.8) is 0 Å². The van der Waals surface area contributed by atoms with Crippen molar-refractivity contribution in [2.24, 2.45) is 0 Å². The van der Waals surface area contributed by atoms with Crippen LogP contribution in [0.4, 0.5) is 4.79 Å². The Labute approximate surface area is 113 Å². The van der Waals surface area contributed by atoms with E-state index in [9.17, 15) is 4.79 Å². The fourth-order valence-electron chi connectivity index (χ4n) is 1.92. The van der Waals surface area contributed by atoms with Crippen molar-refractivity contribution < 1.29 is 9.53 Å². The van der Waals surface area contributed by atoms with Crippen LogP contribution in [-0.2, 0) is 11.3 Å². The molecule has 4 heteroatoms. The number of benzene rings is 1. The van der Waals surface area contributed by atoms with Gasteiger partial charge in [0.15, 0.2) is 0 Å². The number of carbonyl (C=O) groups is 1. The molecular weight excluding hydrogens is 240 g/mol. The molecule has 0 saturated heterocycles. The van der Waals surface area contributed by atoms with Crippen LogP contribution >= 0.6 is 0 Å². The smallest absolute Gasteiger partial charge is 0.407 e. The molecule has 1 amide bonds. The van der Waals surface area contributed by atoms with Gasteiger partial charge in [-0.05, 0) is 44.9 Å². The van der Waals surface area contributed by atoms with E-state index in [1.54, 1.807) is 0 Å². The van der Waals surface area contributed by atoms with Gasteiger partial charge in [-0.3, -0.25) is 0 Å². The topological polar surface area (TPSA) is 54.1 Å². The molecule has 1 aromatic heterocycles. The first-order valence-electron chi connectivity index (χ1n) is 6.38. The van der Waals surface area contributed by atoms with Crippen LogP contribution in [-0.4, -0.2) is 16.7 Å². The van der Waals surface area contributed by atoms with E-state index in [0.717, 1.165) is 11.1 Å². The van der Waals surface area contributed by atoms with Gasteiger partial charge in [0.05, 0.1) is 0 Å². The summed E-state index contributed by atoms with van der Waals surface area (Å²) in [5.41, 5.74) is 2.88. The molecule has 0 aliphatic heterocycles. The number of ether oxygens (including phenoxy) is 1. The summed E-state index contributed by atoms with van der Waals surface area (Å²) in [5, 5.41) is 3.96.